The van der Waals surface area contributed by atoms with Crippen LogP contribution in [0.4, 0.5) is 0 Å². The van der Waals surface area contributed by atoms with Gasteiger partial charge in [-0.1, -0.05) is 66.4 Å². The molecule has 2 aromatic rings. The summed E-state index contributed by atoms with van der Waals surface area (Å²) in [5, 5.41) is 4.14. The van der Waals surface area contributed by atoms with E-state index in [0.717, 1.165) is 42.4 Å². The molecule has 3 amide bonds. The van der Waals surface area contributed by atoms with Crippen molar-refractivity contribution in [1.29, 1.82) is 0 Å². The molecule has 1 aliphatic heterocycles. The molecule has 1 heterocycles. The molecule has 0 radical (unpaired) electrons. The van der Waals surface area contributed by atoms with Crippen molar-refractivity contribution < 1.29 is 14.4 Å². The van der Waals surface area contributed by atoms with Crippen molar-refractivity contribution >= 4 is 40.9 Å². The lowest BCUT2D eigenvalue weighted by atomic mass is 9.83. The summed E-state index contributed by atoms with van der Waals surface area (Å²) < 4.78 is 0. The lowest BCUT2D eigenvalue weighted by Gasteiger charge is -2.28. The number of primary amides is 1. The molecule has 1 saturated carbocycles. The Balaban J connectivity index is 1.48. The quantitative estimate of drug-likeness (QED) is 0.345. The first-order valence-corrected chi connectivity index (χ1v) is 14.1. The van der Waals surface area contributed by atoms with Crippen molar-refractivity contribution in [3.8, 4) is 11.1 Å². The van der Waals surface area contributed by atoms with E-state index in [-0.39, 0.29) is 11.8 Å². The molecule has 3 N–H and O–H groups in total. The molecule has 2 unspecified atom stereocenters. The van der Waals surface area contributed by atoms with Crippen LogP contribution in [0.5, 0.6) is 0 Å². The third-order valence-electron chi connectivity index (χ3n) is 7.53. The number of rotatable bonds is 11. The van der Waals surface area contributed by atoms with Crippen LogP contribution in [-0.4, -0.2) is 35.2 Å². The minimum atomic E-state index is -0.627. The van der Waals surface area contributed by atoms with Crippen molar-refractivity contribution in [2.24, 2.45) is 23.5 Å². The summed E-state index contributed by atoms with van der Waals surface area (Å²) in [4.78, 5) is 41.0. The topological polar surface area (TPSA) is 92.5 Å². The molecule has 1 saturated heterocycles. The molecule has 38 heavy (non-hydrogen) atoms. The number of hydrogen-bond donors (Lipinski definition) is 2. The van der Waals surface area contributed by atoms with E-state index in [9.17, 15) is 14.4 Å². The summed E-state index contributed by atoms with van der Waals surface area (Å²) in [5.41, 5.74) is 8.45. The van der Waals surface area contributed by atoms with Gasteiger partial charge in [0.1, 0.15) is 6.04 Å². The molecule has 3 atom stereocenters. The fourth-order valence-electron chi connectivity index (χ4n) is 5.28. The van der Waals surface area contributed by atoms with Gasteiger partial charge >= 0.3 is 0 Å². The number of likely N-dealkylation sites (tertiary alicyclic amines) is 1. The molecule has 8 heteroatoms. The predicted molar refractivity (Wildman–Crippen MR) is 151 cm³/mol. The van der Waals surface area contributed by atoms with Crippen molar-refractivity contribution in [3.63, 3.8) is 0 Å². The van der Waals surface area contributed by atoms with Crippen molar-refractivity contribution in [2.75, 3.05) is 6.54 Å². The molecule has 6 nitrogen and oxygen atoms in total. The Bertz CT molecular complexity index is 1200. The molecule has 202 valence electrons. The maximum Gasteiger partial charge on any atom is 0.245 e. The Morgan fingerprint density at radius 3 is 2.58 bits per heavy atom. The Morgan fingerprint density at radius 2 is 1.89 bits per heavy atom. The molecule has 2 aliphatic rings. The summed E-state index contributed by atoms with van der Waals surface area (Å²) in [5.74, 6) is -1.60. The normalized spacial score (nSPS) is 19.4. The van der Waals surface area contributed by atoms with Crippen LogP contribution in [0.1, 0.15) is 50.5 Å². The molecular formula is C30H35Cl2N3O3. The summed E-state index contributed by atoms with van der Waals surface area (Å²) in [6, 6.07) is 12.7. The van der Waals surface area contributed by atoms with Crippen molar-refractivity contribution in [2.45, 2.75) is 57.5 Å². The van der Waals surface area contributed by atoms with Gasteiger partial charge in [0, 0.05) is 28.7 Å². The first-order chi connectivity index (χ1) is 18.3. The average Bonchev–Trinajstić information content (AvgIpc) is 3.72. The first kappa shape index (κ1) is 28.2. The van der Waals surface area contributed by atoms with E-state index in [2.05, 4.69) is 11.9 Å². The van der Waals surface area contributed by atoms with Gasteiger partial charge in [0.2, 0.25) is 17.7 Å². The van der Waals surface area contributed by atoms with Gasteiger partial charge in [0.05, 0.1) is 11.8 Å². The summed E-state index contributed by atoms with van der Waals surface area (Å²) in [7, 11) is 0. The zero-order valence-electron chi connectivity index (χ0n) is 21.5. The number of halogens is 2. The zero-order chi connectivity index (χ0) is 27.2. The zero-order valence-corrected chi connectivity index (χ0v) is 23.0. The van der Waals surface area contributed by atoms with Crippen molar-refractivity contribution in [1.82, 2.24) is 10.2 Å². The van der Waals surface area contributed by atoms with Gasteiger partial charge < -0.3 is 16.0 Å². The largest absolute Gasteiger partial charge is 0.369 e. The van der Waals surface area contributed by atoms with E-state index in [0.29, 0.717) is 48.3 Å². The number of nitrogens with zero attached hydrogens (tertiary/aromatic N) is 1. The highest BCUT2D eigenvalue weighted by Crippen LogP contribution is 2.38. The number of allylic oxidation sites excluding steroid dienone is 1. The Kier molecular flexibility index (Phi) is 9.50. The van der Waals surface area contributed by atoms with Crippen LogP contribution < -0.4 is 11.1 Å². The number of amides is 3. The Morgan fingerprint density at radius 1 is 1.11 bits per heavy atom. The second-order valence-electron chi connectivity index (χ2n) is 10.5. The van der Waals surface area contributed by atoms with Gasteiger partial charge in [-0.15, -0.1) is 6.58 Å². The number of benzene rings is 2. The standard InChI is InChI=1S/C30H35Cl2N3O3/c1-2-6-24(28(33)36)25(16-19-10-11-19)29(37)34-27-9-3-4-14-35(30(27)38)18-20-7-5-8-21(15-20)23-13-12-22(31)17-26(23)32/h2,5,7-8,12-13,15,17,19,24-25,27H,1,3-4,6,9-11,14,16,18H2,(H2,33,36)(H,34,37)/t24?,25?,27-/m0/s1. The van der Waals surface area contributed by atoms with Crippen LogP contribution in [0.25, 0.3) is 11.1 Å². The maximum absolute atomic E-state index is 13.6. The highest BCUT2D eigenvalue weighted by atomic mass is 35.5. The van der Waals surface area contributed by atoms with Crippen LogP contribution in [0.2, 0.25) is 10.0 Å². The van der Waals surface area contributed by atoms with Crippen LogP contribution in [0.15, 0.2) is 55.1 Å². The van der Waals surface area contributed by atoms with Gasteiger partial charge in [-0.2, -0.15) is 0 Å². The minimum Gasteiger partial charge on any atom is -0.369 e. The third kappa shape index (κ3) is 7.17. The van der Waals surface area contributed by atoms with E-state index < -0.39 is 23.8 Å². The smallest absolute Gasteiger partial charge is 0.245 e. The van der Waals surface area contributed by atoms with Crippen molar-refractivity contribution in [3.05, 3.63) is 70.7 Å². The monoisotopic (exact) mass is 555 g/mol. The number of carbonyl (C=O) groups is 3. The van der Waals surface area contributed by atoms with E-state index in [4.69, 9.17) is 28.9 Å². The summed E-state index contributed by atoms with van der Waals surface area (Å²) in [6.07, 6.45) is 6.95. The van der Waals surface area contributed by atoms with Gasteiger partial charge in [0.25, 0.3) is 0 Å². The van der Waals surface area contributed by atoms with Gasteiger partial charge in [0.15, 0.2) is 0 Å². The number of hydrogen-bond acceptors (Lipinski definition) is 3. The summed E-state index contributed by atoms with van der Waals surface area (Å²) >= 11 is 12.5. The van der Waals surface area contributed by atoms with Gasteiger partial charge in [-0.3, -0.25) is 14.4 Å². The molecule has 0 aromatic heterocycles. The second-order valence-corrected chi connectivity index (χ2v) is 11.3. The first-order valence-electron chi connectivity index (χ1n) is 13.3. The lowest BCUT2D eigenvalue weighted by Crippen LogP contribution is -2.50. The van der Waals surface area contributed by atoms with Gasteiger partial charge in [-0.05, 0) is 67.3 Å². The highest BCUT2D eigenvalue weighted by molar-refractivity contribution is 6.36. The number of nitrogens with one attached hydrogen (secondary N) is 1. The maximum atomic E-state index is 13.6. The van der Waals surface area contributed by atoms with Crippen LogP contribution >= 0.6 is 23.2 Å². The fourth-order valence-corrected chi connectivity index (χ4v) is 5.80. The SMILES string of the molecule is C=CCC(C(N)=O)C(CC1CC1)C(=O)N[C@H]1CCCCN(Cc2cccc(-c3ccc(Cl)cc3Cl)c2)C1=O. The van der Waals surface area contributed by atoms with Crippen LogP contribution in [0, 0.1) is 17.8 Å². The number of carbonyl (C=O) groups excluding carboxylic acids is 3. The summed E-state index contributed by atoms with van der Waals surface area (Å²) in [6.45, 7) is 4.77. The van der Waals surface area contributed by atoms with Crippen LogP contribution in [-0.2, 0) is 20.9 Å². The third-order valence-corrected chi connectivity index (χ3v) is 8.08. The fraction of sp³-hybridized carbons (Fsp3) is 0.433. The minimum absolute atomic E-state index is 0.102. The molecular weight excluding hydrogens is 521 g/mol. The number of nitrogens with two attached hydrogens (primary N) is 1. The Labute approximate surface area is 234 Å². The lowest BCUT2D eigenvalue weighted by molar-refractivity contribution is -0.139. The van der Waals surface area contributed by atoms with E-state index in [1.807, 2.05) is 35.2 Å². The van der Waals surface area contributed by atoms with Gasteiger partial charge in [-0.25, -0.2) is 0 Å². The van der Waals surface area contributed by atoms with E-state index >= 15 is 0 Å². The van der Waals surface area contributed by atoms with E-state index in [1.165, 1.54) is 0 Å². The second kappa shape index (κ2) is 12.8. The van der Waals surface area contributed by atoms with Crippen LogP contribution in [0.3, 0.4) is 0 Å². The molecule has 2 aromatic carbocycles. The molecule has 4 rings (SSSR count). The highest BCUT2D eigenvalue weighted by Gasteiger charge is 2.38. The Hall–Kier alpha value is -2.83. The molecule has 0 spiro atoms. The predicted octanol–water partition coefficient (Wildman–Crippen LogP) is 5.75. The molecule has 0 bridgehead atoms. The molecule has 2 fully saturated rings. The molecule has 1 aliphatic carbocycles. The average molecular weight is 557 g/mol. The van der Waals surface area contributed by atoms with E-state index in [1.54, 1.807) is 18.2 Å².